The Balaban J connectivity index is 1.97. The molecule has 0 aliphatic heterocycles. The van der Waals surface area contributed by atoms with Gasteiger partial charge in [0, 0.05) is 18.1 Å². The summed E-state index contributed by atoms with van der Waals surface area (Å²) in [7, 11) is 1.56. The number of nitrogens with two attached hydrogens (primary N) is 1. The summed E-state index contributed by atoms with van der Waals surface area (Å²) in [5, 5.41) is 0. The van der Waals surface area contributed by atoms with Crippen molar-refractivity contribution in [3.63, 3.8) is 0 Å². The maximum Gasteiger partial charge on any atom is 0.251 e. The minimum absolute atomic E-state index is 0.185. The van der Waals surface area contributed by atoms with Gasteiger partial charge in [0.05, 0.1) is 18.5 Å². The van der Waals surface area contributed by atoms with Gasteiger partial charge < -0.3 is 15.5 Å². The highest BCUT2D eigenvalue weighted by atomic mass is 16.5. The van der Waals surface area contributed by atoms with Gasteiger partial charge >= 0.3 is 0 Å². The topological polar surface area (TPSA) is 81.0 Å². The fraction of sp³-hybridized carbons (Fsp3) is 0.111. The van der Waals surface area contributed by atoms with Crippen molar-refractivity contribution in [2.75, 3.05) is 12.8 Å². The molecule has 0 aliphatic carbocycles. The van der Waals surface area contributed by atoms with Gasteiger partial charge in [-0.2, -0.15) is 0 Å². The van der Waals surface area contributed by atoms with Crippen LogP contribution in [0.2, 0.25) is 0 Å². The number of nitrogen functional groups attached to an aromatic ring is 1. The normalized spacial score (nSPS) is 10.5. The number of H-pyrrole nitrogens is 1. The summed E-state index contributed by atoms with van der Waals surface area (Å²) in [5.74, 6) is 1.22. The average molecular weight is 307 g/mol. The molecular weight excluding hydrogens is 290 g/mol. The minimum atomic E-state index is -0.185. The molecule has 3 aromatic rings. The van der Waals surface area contributed by atoms with Crippen LogP contribution in [0.4, 0.5) is 5.69 Å². The molecule has 2 aromatic carbocycles. The van der Waals surface area contributed by atoms with E-state index in [0.717, 1.165) is 11.1 Å². The molecule has 116 valence electrons. The van der Waals surface area contributed by atoms with Crippen molar-refractivity contribution in [2.24, 2.45) is 0 Å². The predicted molar refractivity (Wildman–Crippen MR) is 90.5 cm³/mol. The summed E-state index contributed by atoms with van der Waals surface area (Å²) in [5.41, 5.74) is 8.71. The lowest BCUT2D eigenvalue weighted by molar-refractivity contribution is 0.417. The van der Waals surface area contributed by atoms with E-state index < -0.39 is 0 Å². The van der Waals surface area contributed by atoms with Gasteiger partial charge in [0.15, 0.2) is 0 Å². The molecule has 5 heteroatoms. The first-order chi connectivity index (χ1) is 11.2. The SMILES string of the molecule is COc1ccc(-c2cc(=O)[nH]c(Cc3ccccc3)n2)cc1N. The summed E-state index contributed by atoms with van der Waals surface area (Å²) >= 11 is 0. The fourth-order valence-electron chi connectivity index (χ4n) is 2.42. The Labute approximate surface area is 133 Å². The van der Waals surface area contributed by atoms with E-state index in [2.05, 4.69) is 9.97 Å². The number of nitrogens with zero attached hydrogens (tertiary/aromatic N) is 1. The maximum absolute atomic E-state index is 11.9. The molecule has 0 bridgehead atoms. The van der Waals surface area contributed by atoms with E-state index in [1.54, 1.807) is 19.2 Å². The Kier molecular flexibility index (Phi) is 4.10. The van der Waals surface area contributed by atoms with Crippen LogP contribution in [-0.4, -0.2) is 17.1 Å². The Morgan fingerprint density at radius 1 is 1.13 bits per heavy atom. The molecule has 5 nitrogen and oxygen atoms in total. The lowest BCUT2D eigenvalue weighted by Gasteiger charge is -2.08. The Morgan fingerprint density at radius 2 is 1.91 bits per heavy atom. The monoisotopic (exact) mass is 307 g/mol. The predicted octanol–water partition coefficient (Wildman–Crippen LogP) is 2.62. The maximum atomic E-state index is 11.9. The van der Waals surface area contributed by atoms with Gasteiger partial charge in [0.2, 0.25) is 0 Å². The second kappa shape index (κ2) is 6.36. The van der Waals surface area contributed by atoms with Crippen molar-refractivity contribution in [3.05, 3.63) is 76.3 Å². The number of aromatic amines is 1. The lowest BCUT2D eigenvalue weighted by atomic mass is 10.1. The number of rotatable bonds is 4. The molecule has 0 amide bonds. The fourth-order valence-corrected chi connectivity index (χ4v) is 2.42. The summed E-state index contributed by atoms with van der Waals surface area (Å²) in [6.07, 6.45) is 0.565. The molecule has 0 atom stereocenters. The number of benzene rings is 2. The number of hydrogen-bond donors (Lipinski definition) is 2. The first-order valence-electron chi connectivity index (χ1n) is 7.24. The summed E-state index contributed by atoms with van der Waals surface area (Å²) < 4.78 is 5.15. The molecule has 0 radical (unpaired) electrons. The largest absolute Gasteiger partial charge is 0.495 e. The van der Waals surface area contributed by atoms with Gasteiger partial charge in [-0.25, -0.2) is 4.98 Å². The van der Waals surface area contributed by atoms with Crippen LogP contribution >= 0.6 is 0 Å². The van der Waals surface area contributed by atoms with Crippen molar-refractivity contribution in [1.29, 1.82) is 0 Å². The molecule has 23 heavy (non-hydrogen) atoms. The minimum Gasteiger partial charge on any atom is -0.495 e. The van der Waals surface area contributed by atoms with Crippen molar-refractivity contribution < 1.29 is 4.74 Å². The Morgan fingerprint density at radius 3 is 2.61 bits per heavy atom. The molecule has 3 N–H and O–H groups in total. The molecule has 0 fully saturated rings. The van der Waals surface area contributed by atoms with Crippen LogP contribution in [0, 0.1) is 0 Å². The van der Waals surface area contributed by atoms with Crippen molar-refractivity contribution in [1.82, 2.24) is 9.97 Å². The van der Waals surface area contributed by atoms with E-state index in [4.69, 9.17) is 10.5 Å². The molecule has 1 heterocycles. The highest BCUT2D eigenvalue weighted by Crippen LogP contribution is 2.26. The van der Waals surface area contributed by atoms with Crippen molar-refractivity contribution in [3.8, 4) is 17.0 Å². The average Bonchev–Trinajstić information content (AvgIpc) is 2.55. The van der Waals surface area contributed by atoms with Crippen LogP contribution < -0.4 is 16.0 Å². The number of ether oxygens (including phenoxy) is 1. The molecule has 0 spiro atoms. The molecule has 3 rings (SSSR count). The van der Waals surface area contributed by atoms with Crippen molar-refractivity contribution in [2.45, 2.75) is 6.42 Å². The number of nitrogens with one attached hydrogen (secondary N) is 1. The molecule has 0 saturated heterocycles. The van der Waals surface area contributed by atoms with E-state index in [0.29, 0.717) is 29.4 Å². The Hall–Kier alpha value is -3.08. The third-order valence-electron chi connectivity index (χ3n) is 3.53. The second-order valence-electron chi connectivity index (χ2n) is 5.20. The number of methoxy groups -OCH3 is 1. The van der Waals surface area contributed by atoms with E-state index in [-0.39, 0.29) is 5.56 Å². The van der Waals surface area contributed by atoms with E-state index in [1.807, 2.05) is 36.4 Å². The molecule has 0 unspecified atom stereocenters. The van der Waals surface area contributed by atoms with Crippen molar-refractivity contribution >= 4 is 5.69 Å². The standard InChI is InChI=1S/C18H17N3O2/c1-23-16-8-7-13(10-14(16)19)15-11-18(22)21-17(20-15)9-12-5-3-2-4-6-12/h2-8,10-11H,9,19H2,1H3,(H,20,21,22). The second-order valence-corrected chi connectivity index (χ2v) is 5.20. The van der Waals surface area contributed by atoms with Crippen LogP contribution in [0.25, 0.3) is 11.3 Å². The number of aromatic nitrogens is 2. The number of anilines is 1. The summed E-state index contributed by atoms with van der Waals surface area (Å²) in [6.45, 7) is 0. The summed E-state index contributed by atoms with van der Waals surface area (Å²) in [4.78, 5) is 19.3. The van der Waals surface area contributed by atoms with Gasteiger partial charge in [-0.05, 0) is 23.8 Å². The van der Waals surface area contributed by atoms with E-state index in [9.17, 15) is 4.79 Å². The van der Waals surface area contributed by atoms with Gasteiger partial charge in [-0.15, -0.1) is 0 Å². The van der Waals surface area contributed by atoms with Gasteiger partial charge in [0.25, 0.3) is 5.56 Å². The summed E-state index contributed by atoms with van der Waals surface area (Å²) in [6, 6.07) is 16.7. The third-order valence-corrected chi connectivity index (χ3v) is 3.53. The lowest BCUT2D eigenvalue weighted by Crippen LogP contribution is -2.11. The highest BCUT2D eigenvalue weighted by molar-refractivity contribution is 5.68. The van der Waals surface area contributed by atoms with E-state index >= 15 is 0 Å². The molecule has 1 aromatic heterocycles. The smallest absolute Gasteiger partial charge is 0.251 e. The van der Waals surface area contributed by atoms with Crippen LogP contribution in [0.1, 0.15) is 11.4 Å². The van der Waals surface area contributed by atoms with Crippen LogP contribution in [0.15, 0.2) is 59.4 Å². The van der Waals surface area contributed by atoms with Crippen LogP contribution in [0.3, 0.4) is 0 Å². The van der Waals surface area contributed by atoms with E-state index in [1.165, 1.54) is 6.07 Å². The third kappa shape index (κ3) is 3.40. The van der Waals surface area contributed by atoms with Gasteiger partial charge in [0.1, 0.15) is 11.6 Å². The molecule has 0 saturated carbocycles. The molecular formula is C18H17N3O2. The molecule has 0 aliphatic rings. The van der Waals surface area contributed by atoms with Gasteiger partial charge in [-0.3, -0.25) is 4.79 Å². The quantitative estimate of drug-likeness (QED) is 0.726. The zero-order valence-corrected chi connectivity index (χ0v) is 12.7. The highest BCUT2D eigenvalue weighted by Gasteiger charge is 2.07. The zero-order valence-electron chi connectivity index (χ0n) is 12.7. The Bertz CT molecular complexity index is 873. The number of hydrogen-bond acceptors (Lipinski definition) is 4. The van der Waals surface area contributed by atoms with Crippen LogP contribution in [-0.2, 0) is 6.42 Å². The van der Waals surface area contributed by atoms with Gasteiger partial charge in [-0.1, -0.05) is 30.3 Å². The zero-order chi connectivity index (χ0) is 16.2. The first-order valence-corrected chi connectivity index (χ1v) is 7.24. The first kappa shape index (κ1) is 14.8. The van der Waals surface area contributed by atoms with Crippen LogP contribution in [0.5, 0.6) is 5.75 Å².